The first-order chi connectivity index (χ1) is 12.3. The number of sulfonamides is 1. The Kier molecular flexibility index (Phi) is 4.05. The van der Waals surface area contributed by atoms with Gasteiger partial charge < -0.3 is 4.74 Å². The summed E-state index contributed by atoms with van der Waals surface area (Å²) in [5.74, 6) is -1.12. The summed E-state index contributed by atoms with van der Waals surface area (Å²) in [5.41, 5.74) is 0.783. The molecule has 0 aliphatic carbocycles. The lowest BCUT2D eigenvalue weighted by Gasteiger charge is -2.46. The van der Waals surface area contributed by atoms with Gasteiger partial charge in [0.15, 0.2) is 0 Å². The van der Waals surface area contributed by atoms with Crippen molar-refractivity contribution in [2.75, 3.05) is 13.1 Å². The van der Waals surface area contributed by atoms with Crippen LogP contribution in [0.3, 0.4) is 0 Å². The van der Waals surface area contributed by atoms with Crippen molar-refractivity contribution in [3.8, 4) is 0 Å². The minimum atomic E-state index is -4.00. The minimum absolute atomic E-state index is 0.0664. The average Bonchev–Trinajstić information content (AvgIpc) is 2.92. The zero-order chi connectivity index (χ0) is 18.5. The lowest BCUT2D eigenvalue weighted by Crippen LogP contribution is -2.61. The predicted octanol–water partition coefficient (Wildman–Crippen LogP) is 2.14. The summed E-state index contributed by atoms with van der Waals surface area (Å²) in [6.45, 7) is 2.48. The van der Waals surface area contributed by atoms with E-state index in [1.807, 2.05) is 6.92 Å². The molecule has 0 unspecified atom stereocenters. The number of rotatable bonds is 4. The van der Waals surface area contributed by atoms with E-state index < -0.39 is 32.2 Å². The number of hydrogen-bond donors (Lipinski definition) is 0. The van der Waals surface area contributed by atoms with Crippen molar-refractivity contribution in [3.63, 3.8) is 0 Å². The molecule has 3 heterocycles. The Balaban J connectivity index is 1.58. The maximum Gasteiger partial charge on any atom is 0.243 e. The van der Waals surface area contributed by atoms with Gasteiger partial charge in [0.25, 0.3) is 0 Å². The molecule has 2 aromatic rings. The Hall–Kier alpha value is -1.97. The molecule has 2 aliphatic rings. The number of ether oxygens (including phenoxy) is 1. The van der Waals surface area contributed by atoms with Gasteiger partial charge in [0, 0.05) is 37.3 Å². The van der Waals surface area contributed by atoms with Crippen LogP contribution in [0.4, 0.5) is 8.78 Å². The largest absolute Gasteiger partial charge is 0.361 e. The van der Waals surface area contributed by atoms with Crippen LogP contribution in [-0.4, -0.2) is 35.8 Å². The molecule has 6 nitrogen and oxygen atoms in total. The van der Waals surface area contributed by atoms with Gasteiger partial charge in [-0.2, -0.15) is 4.31 Å². The predicted molar refractivity (Wildman–Crippen MR) is 87.6 cm³/mol. The van der Waals surface area contributed by atoms with Crippen molar-refractivity contribution >= 4 is 10.0 Å². The van der Waals surface area contributed by atoms with E-state index in [4.69, 9.17) is 4.74 Å². The van der Waals surface area contributed by atoms with Crippen LogP contribution in [0.15, 0.2) is 29.3 Å². The molecule has 1 spiro atoms. The SMILES string of the molecule is CCCc1ncc2c(n1)COC21CN(S(=O)(=O)c2cc(F)cc(F)c2)C1. The van der Waals surface area contributed by atoms with Gasteiger partial charge in [0.05, 0.1) is 17.2 Å². The molecule has 0 bridgehead atoms. The molecule has 0 amide bonds. The number of halogens is 2. The number of fused-ring (bicyclic) bond motifs is 2. The first-order valence-electron chi connectivity index (χ1n) is 8.29. The van der Waals surface area contributed by atoms with Crippen molar-refractivity contribution < 1.29 is 21.9 Å². The zero-order valence-electron chi connectivity index (χ0n) is 14.1. The van der Waals surface area contributed by atoms with E-state index in [0.717, 1.165) is 46.4 Å². The second-order valence-corrected chi connectivity index (χ2v) is 8.50. The third kappa shape index (κ3) is 2.70. The highest BCUT2D eigenvalue weighted by Gasteiger charge is 2.55. The smallest absolute Gasteiger partial charge is 0.243 e. The first-order valence-corrected chi connectivity index (χ1v) is 9.73. The summed E-state index contributed by atoms with van der Waals surface area (Å²) in [4.78, 5) is 8.41. The monoisotopic (exact) mass is 381 g/mol. The Bertz CT molecular complexity index is 955. The van der Waals surface area contributed by atoms with Crippen molar-refractivity contribution in [2.24, 2.45) is 0 Å². The molecule has 138 valence electrons. The molecule has 0 radical (unpaired) electrons. The summed E-state index contributed by atoms with van der Waals surface area (Å²) in [6.07, 6.45) is 3.40. The van der Waals surface area contributed by atoms with Crippen LogP contribution >= 0.6 is 0 Å². The highest BCUT2D eigenvalue weighted by atomic mass is 32.2. The number of hydrogen-bond acceptors (Lipinski definition) is 5. The number of nitrogens with zero attached hydrogens (tertiary/aromatic N) is 3. The number of benzene rings is 1. The van der Waals surface area contributed by atoms with Gasteiger partial charge in [0.1, 0.15) is 23.1 Å². The Labute approximate surface area is 149 Å². The summed E-state index contributed by atoms with van der Waals surface area (Å²) in [6, 6.07) is 2.26. The van der Waals surface area contributed by atoms with E-state index in [-0.39, 0.29) is 13.1 Å². The van der Waals surface area contributed by atoms with Crippen LogP contribution in [0.25, 0.3) is 0 Å². The summed E-state index contributed by atoms with van der Waals surface area (Å²) in [5, 5.41) is 0. The van der Waals surface area contributed by atoms with E-state index >= 15 is 0 Å². The molecule has 1 fully saturated rings. The maximum atomic E-state index is 13.4. The lowest BCUT2D eigenvalue weighted by molar-refractivity contribution is -0.112. The molecule has 1 aromatic carbocycles. The van der Waals surface area contributed by atoms with Crippen LogP contribution in [0, 0.1) is 11.6 Å². The summed E-state index contributed by atoms with van der Waals surface area (Å²) in [7, 11) is -4.00. The number of aryl methyl sites for hydroxylation is 1. The topological polar surface area (TPSA) is 72.4 Å². The molecule has 1 saturated heterocycles. The fourth-order valence-corrected chi connectivity index (χ4v) is 4.94. The van der Waals surface area contributed by atoms with Crippen molar-refractivity contribution in [1.29, 1.82) is 0 Å². The van der Waals surface area contributed by atoms with Gasteiger partial charge in [0.2, 0.25) is 10.0 Å². The number of aromatic nitrogens is 2. The quantitative estimate of drug-likeness (QED) is 0.811. The van der Waals surface area contributed by atoms with Crippen molar-refractivity contribution in [3.05, 3.63) is 53.1 Å². The molecule has 4 rings (SSSR count). The second-order valence-electron chi connectivity index (χ2n) is 6.56. The highest BCUT2D eigenvalue weighted by molar-refractivity contribution is 7.89. The fraction of sp³-hybridized carbons (Fsp3) is 0.412. The second kappa shape index (κ2) is 6.04. The third-order valence-electron chi connectivity index (χ3n) is 4.70. The summed E-state index contributed by atoms with van der Waals surface area (Å²) < 4.78 is 59.0. The Morgan fingerprint density at radius 2 is 1.92 bits per heavy atom. The van der Waals surface area contributed by atoms with E-state index in [1.54, 1.807) is 6.20 Å². The minimum Gasteiger partial charge on any atom is -0.361 e. The van der Waals surface area contributed by atoms with E-state index in [1.165, 1.54) is 0 Å². The molecular weight excluding hydrogens is 364 g/mol. The van der Waals surface area contributed by atoms with E-state index in [0.29, 0.717) is 12.7 Å². The third-order valence-corrected chi connectivity index (χ3v) is 6.47. The van der Waals surface area contributed by atoms with Crippen LogP contribution in [0.1, 0.15) is 30.4 Å². The molecule has 0 saturated carbocycles. The molecule has 26 heavy (non-hydrogen) atoms. The van der Waals surface area contributed by atoms with Gasteiger partial charge in [-0.1, -0.05) is 6.92 Å². The molecule has 0 N–H and O–H groups in total. The standard InChI is InChI=1S/C17H17F2N3O3S/c1-2-3-16-20-7-14-15(21-16)8-25-17(14)9-22(10-17)26(23,24)13-5-11(18)4-12(19)6-13/h4-7H,2-3,8-10H2,1H3. The van der Waals surface area contributed by atoms with E-state index in [9.17, 15) is 17.2 Å². The zero-order valence-corrected chi connectivity index (χ0v) is 14.9. The molecule has 0 atom stereocenters. The van der Waals surface area contributed by atoms with Gasteiger partial charge in [-0.15, -0.1) is 0 Å². The fourth-order valence-electron chi connectivity index (χ4n) is 3.36. The van der Waals surface area contributed by atoms with Crippen molar-refractivity contribution in [2.45, 2.75) is 36.9 Å². The lowest BCUT2D eigenvalue weighted by atomic mass is 9.90. The molecular formula is C17H17F2N3O3S. The first kappa shape index (κ1) is 17.4. The van der Waals surface area contributed by atoms with Gasteiger partial charge >= 0.3 is 0 Å². The van der Waals surface area contributed by atoms with Gasteiger partial charge in [-0.3, -0.25) is 0 Å². The van der Waals surface area contributed by atoms with E-state index in [2.05, 4.69) is 9.97 Å². The molecule has 2 aliphatic heterocycles. The van der Waals surface area contributed by atoms with Crippen LogP contribution in [-0.2, 0) is 33.4 Å². The summed E-state index contributed by atoms with van der Waals surface area (Å²) >= 11 is 0. The Morgan fingerprint density at radius 1 is 1.23 bits per heavy atom. The Morgan fingerprint density at radius 3 is 2.58 bits per heavy atom. The van der Waals surface area contributed by atoms with Crippen LogP contribution < -0.4 is 0 Å². The van der Waals surface area contributed by atoms with Gasteiger partial charge in [-0.05, 0) is 18.6 Å². The van der Waals surface area contributed by atoms with Crippen LogP contribution in [0.5, 0.6) is 0 Å². The average molecular weight is 381 g/mol. The van der Waals surface area contributed by atoms with Gasteiger partial charge in [-0.25, -0.2) is 27.2 Å². The van der Waals surface area contributed by atoms with Crippen molar-refractivity contribution in [1.82, 2.24) is 14.3 Å². The van der Waals surface area contributed by atoms with Crippen LogP contribution in [0.2, 0.25) is 0 Å². The molecule has 1 aromatic heterocycles. The maximum absolute atomic E-state index is 13.4. The molecule has 9 heteroatoms. The normalized spacial score (nSPS) is 18.7. The highest BCUT2D eigenvalue weighted by Crippen LogP contribution is 2.44.